The largest absolute Gasteiger partial charge is 0.493 e. The van der Waals surface area contributed by atoms with Crippen LogP contribution in [0.1, 0.15) is 36.8 Å². The van der Waals surface area contributed by atoms with Crippen molar-refractivity contribution in [3.63, 3.8) is 0 Å². The van der Waals surface area contributed by atoms with Gasteiger partial charge < -0.3 is 5.11 Å². The summed E-state index contributed by atoms with van der Waals surface area (Å²) < 4.78 is 2.42. The van der Waals surface area contributed by atoms with Gasteiger partial charge in [-0.05, 0) is 37.6 Å². The fourth-order valence-corrected chi connectivity index (χ4v) is 3.67. The Morgan fingerprint density at radius 3 is 3.00 bits per heavy atom. The quantitative estimate of drug-likeness (QED) is 0.847. The highest BCUT2D eigenvalue weighted by Gasteiger charge is 2.18. The molecular weight excluding hydrogens is 364 g/mol. The summed E-state index contributed by atoms with van der Waals surface area (Å²) in [6.45, 7) is 3.91. The summed E-state index contributed by atoms with van der Waals surface area (Å²) in [7, 11) is 0. The predicted molar refractivity (Wildman–Crippen MR) is 95.4 cm³/mol. The predicted octanol–water partition coefficient (Wildman–Crippen LogP) is 4.61. The molecular formula is C16H15BrN2O2S. The minimum Gasteiger partial charge on any atom is -0.493 e. The molecule has 0 radical (unpaired) electrons. The van der Waals surface area contributed by atoms with Gasteiger partial charge in [-0.15, -0.1) is 0 Å². The van der Waals surface area contributed by atoms with E-state index in [1.165, 1.54) is 4.57 Å². The SMILES string of the molecule is CCC(C)n1c(O)c(/C=C2/C=Nc3ccc(Br)cc32)sc1=O. The van der Waals surface area contributed by atoms with Gasteiger partial charge in [-0.2, -0.15) is 0 Å². The molecule has 22 heavy (non-hydrogen) atoms. The molecule has 1 N–H and O–H groups in total. The molecule has 0 saturated heterocycles. The number of hydrogen-bond acceptors (Lipinski definition) is 4. The maximum absolute atomic E-state index is 12.1. The molecule has 6 heteroatoms. The van der Waals surface area contributed by atoms with Crippen LogP contribution in [0.2, 0.25) is 0 Å². The first-order valence-electron chi connectivity index (χ1n) is 7.01. The van der Waals surface area contributed by atoms with Crippen molar-refractivity contribution >= 4 is 50.8 Å². The third-order valence-electron chi connectivity index (χ3n) is 3.77. The molecule has 1 aromatic heterocycles. The topological polar surface area (TPSA) is 54.6 Å². The number of fused-ring (bicyclic) bond motifs is 1. The third kappa shape index (κ3) is 2.57. The molecule has 1 aliphatic heterocycles. The van der Waals surface area contributed by atoms with E-state index in [2.05, 4.69) is 20.9 Å². The summed E-state index contributed by atoms with van der Waals surface area (Å²) >= 11 is 4.51. The Hall–Kier alpha value is -1.66. The summed E-state index contributed by atoms with van der Waals surface area (Å²) in [5.41, 5.74) is 2.77. The van der Waals surface area contributed by atoms with Crippen LogP contribution >= 0.6 is 27.3 Å². The van der Waals surface area contributed by atoms with E-state index < -0.39 is 0 Å². The van der Waals surface area contributed by atoms with E-state index in [0.29, 0.717) is 4.88 Å². The standard InChI is InChI=1S/C16H15BrN2O2S/c1-3-9(2)19-15(20)14(22-16(19)21)6-10-8-18-13-5-4-11(17)7-12(10)13/h4-9,20H,3H2,1-2H3/b10-6-. The number of hydrogen-bond donors (Lipinski definition) is 1. The van der Waals surface area contributed by atoms with Crippen LogP contribution in [0.3, 0.4) is 0 Å². The average molecular weight is 379 g/mol. The van der Waals surface area contributed by atoms with E-state index in [1.807, 2.05) is 38.1 Å². The van der Waals surface area contributed by atoms with Crippen LogP contribution in [0.25, 0.3) is 11.6 Å². The molecule has 2 heterocycles. The fraction of sp³-hybridized carbons (Fsp3) is 0.250. The van der Waals surface area contributed by atoms with E-state index in [-0.39, 0.29) is 16.8 Å². The van der Waals surface area contributed by atoms with Crippen LogP contribution in [0.5, 0.6) is 5.88 Å². The van der Waals surface area contributed by atoms with E-state index in [0.717, 1.165) is 39.1 Å². The molecule has 0 fully saturated rings. The summed E-state index contributed by atoms with van der Waals surface area (Å²) in [6.07, 6.45) is 4.37. The van der Waals surface area contributed by atoms with Crippen molar-refractivity contribution in [2.75, 3.05) is 0 Å². The number of halogens is 1. The van der Waals surface area contributed by atoms with Gasteiger partial charge >= 0.3 is 4.87 Å². The lowest BCUT2D eigenvalue weighted by molar-refractivity contribution is 0.381. The van der Waals surface area contributed by atoms with Crippen LogP contribution in [0, 0.1) is 0 Å². The van der Waals surface area contributed by atoms with Crippen molar-refractivity contribution in [2.24, 2.45) is 4.99 Å². The van der Waals surface area contributed by atoms with Crippen LogP contribution in [0.15, 0.2) is 32.5 Å². The van der Waals surface area contributed by atoms with Crippen LogP contribution in [-0.2, 0) is 0 Å². The average Bonchev–Trinajstić information content (AvgIpc) is 3.00. The first-order valence-corrected chi connectivity index (χ1v) is 8.62. The zero-order valence-corrected chi connectivity index (χ0v) is 14.6. The molecule has 114 valence electrons. The summed E-state index contributed by atoms with van der Waals surface area (Å²) in [4.78, 5) is 16.9. The molecule has 4 nitrogen and oxygen atoms in total. The van der Waals surface area contributed by atoms with Gasteiger partial charge in [-0.25, -0.2) is 0 Å². The van der Waals surface area contributed by atoms with Gasteiger partial charge in [0.2, 0.25) is 5.88 Å². The lowest BCUT2D eigenvalue weighted by Crippen LogP contribution is -2.16. The Kier molecular flexibility index (Phi) is 4.06. The summed E-state index contributed by atoms with van der Waals surface area (Å²) in [5, 5.41) is 10.3. The van der Waals surface area contributed by atoms with Gasteiger partial charge in [-0.3, -0.25) is 14.4 Å². The van der Waals surface area contributed by atoms with Crippen molar-refractivity contribution in [2.45, 2.75) is 26.3 Å². The number of rotatable bonds is 3. The van der Waals surface area contributed by atoms with E-state index >= 15 is 0 Å². The van der Waals surface area contributed by atoms with E-state index in [4.69, 9.17) is 0 Å². The number of nitrogens with zero attached hydrogens (tertiary/aromatic N) is 2. The molecule has 1 aliphatic rings. The highest BCUT2D eigenvalue weighted by molar-refractivity contribution is 9.10. The zero-order valence-electron chi connectivity index (χ0n) is 12.2. The molecule has 1 aromatic carbocycles. The third-order valence-corrected chi connectivity index (χ3v) is 5.16. The van der Waals surface area contributed by atoms with Gasteiger partial charge in [0, 0.05) is 27.9 Å². The molecule has 0 bridgehead atoms. The second-order valence-corrected chi connectivity index (χ2v) is 7.11. The van der Waals surface area contributed by atoms with Gasteiger partial charge in [0.1, 0.15) is 0 Å². The van der Waals surface area contributed by atoms with Crippen LogP contribution in [-0.4, -0.2) is 15.9 Å². The molecule has 0 aliphatic carbocycles. The Morgan fingerprint density at radius 2 is 2.27 bits per heavy atom. The minimum absolute atomic E-state index is 0.0189. The number of aromatic hydroxyl groups is 1. The Morgan fingerprint density at radius 1 is 1.50 bits per heavy atom. The van der Waals surface area contributed by atoms with E-state index in [9.17, 15) is 9.90 Å². The first kappa shape index (κ1) is 15.2. The lowest BCUT2D eigenvalue weighted by atomic mass is 10.1. The number of thiazole rings is 1. The number of aromatic nitrogens is 1. The summed E-state index contributed by atoms with van der Waals surface area (Å²) in [5.74, 6) is 0.0358. The first-order chi connectivity index (χ1) is 10.5. The number of benzene rings is 1. The highest BCUT2D eigenvalue weighted by atomic mass is 79.9. The van der Waals surface area contributed by atoms with Crippen molar-refractivity contribution < 1.29 is 5.11 Å². The van der Waals surface area contributed by atoms with Gasteiger partial charge in [0.05, 0.1) is 10.6 Å². The molecule has 0 saturated carbocycles. The summed E-state index contributed by atoms with van der Waals surface area (Å²) in [6, 6.07) is 5.84. The smallest absolute Gasteiger partial charge is 0.310 e. The second-order valence-electron chi connectivity index (χ2n) is 5.20. The van der Waals surface area contributed by atoms with Crippen LogP contribution < -0.4 is 4.87 Å². The van der Waals surface area contributed by atoms with Crippen molar-refractivity contribution in [1.82, 2.24) is 4.57 Å². The number of allylic oxidation sites excluding steroid dienone is 1. The normalized spacial score (nSPS) is 16.2. The van der Waals surface area contributed by atoms with Gasteiger partial charge in [0.25, 0.3) is 0 Å². The Labute approximate surface area is 140 Å². The van der Waals surface area contributed by atoms with Crippen molar-refractivity contribution in [3.8, 4) is 5.88 Å². The highest BCUT2D eigenvalue weighted by Crippen LogP contribution is 2.36. The maximum Gasteiger partial charge on any atom is 0.310 e. The molecule has 1 atom stereocenters. The zero-order chi connectivity index (χ0) is 15.9. The fourth-order valence-electron chi connectivity index (χ4n) is 2.38. The monoisotopic (exact) mass is 378 g/mol. The molecule has 1 unspecified atom stereocenters. The van der Waals surface area contributed by atoms with Crippen molar-refractivity contribution in [1.29, 1.82) is 0 Å². The maximum atomic E-state index is 12.1. The molecule has 0 amide bonds. The lowest BCUT2D eigenvalue weighted by Gasteiger charge is -2.10. The van der Waals surface area contributed by atoms with Crippen molar-refractivity contribution in [3.05, 3.63) is 42.8 Å². The molecule has 2 aromatic rings. The Balaban J connectivity index is 2.07. The van der Waals surface area contributed by atoms with E-state index in [1.54, 1.807) is 6.21 Å². The van der Waals surface area contributed by atoms with Gasteiger partial charge in [-0.1, -0.05) is 34.2 Å². The second kappa shape index (κ2) is 5.85. The minimum atomic E-state index is -0.136. The number of aliphatic imine (C=N–C) groups is 1. The molecule has 3 rings (SSSR count). The molecule has 0 spiro atoms. The van der Waals surface area contributed by atoms with Crippen LogP contribution in [0.4, 0.5) is 5.69 Å². The van der Waals surface area contributed by atoms with Gasteiger partial charge in [0.15, 0.2) is 0 Å². The Bertz CT molecular complexity index is 848.